The van der Waals surface area contributed by atoms with Crippen LogP contribution in [0.1, 0.15) is 0 Å². The Morgan fingerprint density at radius 3 is 1.33 bits per heavy atom. The van der Waals surface area contributed by atoms with Crippen LogP contribution in [0.4, 0.5) is 0 Å². The van der Waals surface area contributed by atoms with E-state index in [-0.39, 0.29) is 44.5 Å². The first-order valence-corrected chi connectivity index (χ1v) is 3.29. The molecule has 0 unspecified atom stereocenters. The number of halogens is 1. The summed E-state index contributed by atoms with van der Waals surface area (Å²) < 4.78 is 9.75. The summed E-state index contributed by atoms with van der Waals surface area (Å²) in [6.07, 6.45) is 0. The van der Waals surface area contributed by atoms with Gasteiger partial charge in [0.1, 0.15) is 0 Å². The summed E-state index contributed by atoms with van der Waals surface area (Å²) in [5.41, 5.74) is 0. The Balaban J connectivity index is -0.000000405. The molecule has 0 rings (SSSR count). The Labute approximate surface area is 90.8 Å². The topological polar surface area (TPSA) is 58.9 Å². The summed E-state index contributed by atoms with van der Waals surface area (Å²) in [6.45, 7) is 1.73. The molecule has 0 aromatic carbocycles. The van der Waals surface area contributed by atoms with Gasteiger partial charge in [-0.25, -0.2) is 0 Å². The van der Waals surface area contributed by atoms with Crippen molar-refractivity contribution in [2.45, 2.75) is 0 Å². The van der Waals surface area contributed by atoms with Crippen molar-refractivity contribution in [3.05, 3.63) is 0 Å². The molecule has 0 saturated heterocycles. The van der Waals surface area contributed by atoms with Gasteiger partial charge in [-0.05, 0) is 0 Å². The van der Waals surface area contributed by atoms with Gasteiger partial charge in [0.15, 0.2) is 0 Å². The van der Waals surface area contributed by atoms with Crippen molar-refractivity contribution >= 4 is 0 Å². The minimum Gasteiger partial charge on any atom is -1.00 e. The molecule has 2 N–H and O–H groups in total. The van der Waals surface area contributed by atoms with E-state index in [1.54, 1.807) is 0 Å². The maximum Gasteiger partial charge on any atom is 1.00 e. The van der Waals surface area contributed by atoms with E-state index in [2.05, 4.69) is 0 Å². The van der Waals surface area contributed by atoms with E-state index in [4.69, 9.17) is 19.7 Å². The molecular weight excluding hydrogens is 178 g/mol. The largest absolute Gasteiger partial charge is 1.00 e. The summed E-state index contributed by atoms with van der Waals surface area (Å²) in [4.78, 5) is 0. The first-order valence-electron chi connectivity index (χ1n) is 3.29. The molecule has 6 heteroatoms. The molecule has 0 amide bonds. The summed E-state index contributed by atoms with van der Waals surface area (Å²) in [7, 11) is 0. The molecule has 0 atom stereocenters. The number of aliphatic hydroxyl groups excluding tert-OH is 2. The maximum atomic E-state index is 8.26. The van der Waals surface area contributed by atoms with Crippen molar-refractivity contribution in [2.24, 2.45) is 0 Å². The smallest absolute Gasteiger partial charge is 1.00 e. The zero-order valence-electron chi connectivity index (χ0n) is 7.33. The van der Waals surface area contributed by atoms with Crippen molar-refractivity contribution in [1.82, 2.24) is 0 Å². The second-order valence-corrected chi connectivity index (χ2v) is 1.67. The van der Waals surface area contributed by atoms with Crippen LogP contribution in [0.15, 0.2) is 0 Å². The Morgan fingerprint density at radius 1 is 0.750 bits per heavy atom. The molecule has 0 aliphatic rings. The van der Waals surface area contributed by atoms with Crippen molar-refractivity contribution in [1.29, 1.82) is 0 Å². The Bertz CT molecular complexity index is 59.5. The Hall–Kier alpha value is 0.727. The summed E-state index contributed by atoms with van der Waals surface area (Å²) in [6, 6.07) is 0. The fourth-order valence-corrected chi connectivity index (χ4v) is 0.451. The van der Waals surface area contributed by atoms with Gasteiger partial charge < -0.3 is 32.1 Å². The number of rotatable bonds is 7. The van der Waals surface area contributed by atoms with Crippen LogP contribution < -0.4 is 31.3 Å². The summed E-state index contributed by atoms with van der Waals surface area (Å²) >= 11 is 0. The van der Waals surface area contributed by atoms with Crippen molar-refractivity contribution in [3.8, 4) is 0 Å². The van der Waals surface area contributed by atoms with Gasteiger partial charge in [0.2, 0.25) is 0 Å². The second kappa shape index (κ2) is 17.7. The van der Waals surface area contributed by atoms with Gasteiger partial charge in [-0.3, -0.25) is 0 Å². The van der Waals surface area contributed by atoms with Crippen LogP contribution in [0.25, 0.3) is 0 Å². The zero-order valence-corrected chi connectivity index (χ0v) is 8.09. The number of hydrogen-bond acceptors (Lipinski definition) is 4. The molecule has 0 aliphatic heterocycles. The normalized spacial score (nSPS) is 8.50. The van der Waals surface area contributed by atoms with Gasteiger partial charge in [-0.15, -0.1) is 0 Å². The van der Waals surface area contributed by atoms with Crippen molar-refractivity contribution in [3.63, 3.8) is 0 Å². The van der Waals surface area contributed by atoms with Gasteiger partial charge in [0, 0.05) is 0 Å². The molecule has 0 aromatic heterocycles. The quantitative estimate of drug-likeness (QED) is 0.311. The van der Waals surface area contributed by atoms with Crippen molar-refractivity contribution < 1.29 is 51.0 Å². The minimum atomic E-state index is 0. The molecule has 0 radical (unpaired) electrons. The second-order valence-electron chi connectivity index (χ2n) is 1.67. The van der Waals surface area contributed by atoms with E-state index >= 15 is 0 Å². The van der Waals surface area contributed by atoms with Crippen LogP contribution in [0.5, 0.6) is 0 Å². The first kappa shape index (κ1) is 18.5. The molecule has 12 heavy (non-hydrogen) atoms. The SMILES string of the molecule is OCCOCCOCCO.[Cl-].[Li+]. The van der Waals surface area contributed by atoms with Crippen LogP contribution >= 0.6 is 0 Å². The van der Waals surface area contributed by atoms with E-state index in [0.717, 1.165) is 0 Å². The molecule has 4 nitrogen and oxygen atoms in total. The molecule has 0 bridgehead atoms. The molecule has 70 valence electrons. The molecule has 0 spiro atoms. The maximum absolute atomic E-state index is 8.26. The van der Waals surface area contributed by atoms with Gasteiger partial charge in [0.25, 0.3) is 0 Å². The standard InChI is InChI=1S/C6H14O4.ClH.Li/c7-1-3-9-5-6-10-4-2-8;;/h7-8H,1-6H2;1H;/q;;+1/p-1. The van der Waals surface area contributed by atoms with Gasteiger partial charge in [0.05, 0.1) is 39.6 Å². The van der Waals surface area contributed by atoms with E-state index < -0.39 is 0 Å². The number of ether oxygens (including phenoxy) is 2. The van der Waals surface area contributed by atoms with E-state index in [0.29, 0.717) is 26.4 Å². The monoisotopic (exact) mass is 192 g/mol. The van der Waals surface area contributed by atoms with E-state index in [1.165, 1.54) is 0 Å². The number of hydrogen-bond donors (Lipinski definition) is 2. The predicted octanol–water partition coefficient (Wildman–Crippen LogP) is -6.99. The van der Waals surface area contributed by atoms with E-state index in [1.807, 2.05) is 0 Å². The predicted molar refractivity (Wildman–Crippen MR) is 35.8 cm³/mol. The van der Waals surface area contributed by atoms with E-state index in [9.17, 15) is 0 Å². The summed E-state index contributed by atoms with van der Waals surface area (Å²) in [5.74, 6) is 0. The molecule has 0 aromatic rings. The fraction of sp³-hybridized carbons (Fsp3) is 1.00. The third-order valence-electron chi connectivity index (χ3n) is 0.843. The van der Waals surface area contributed by atoms with Gasteiger partial charge in [-0.2, -0.15) is 0 Å². The fourth-order valence-electron chi connectivity index (χ4n) is 0.451. The third-order valence-corrected chi connectivity index (χ3v) is 0.843. The average Bonchev–Trinajstić information content (AvgIpc) is 1.97. The van der Waals surface area contributed by atoms with Crippen LogP contribution in [0, 0.1) is 0 Å². The van der Waals surface area contributed by atoms with Crippen LogP contribution in [0.3, 0.4) is 0 Å². The minimum absolute atomic E-state index is 0. The number of aliphatic hydroxyl groups is 2. The van der Waals surface area contributed by atoms with Crippen molar-refractivity contribution in [2.75, 3.05) is 39.6 Å². The van der Waals surface area contributed by atoms with Gasteiger partial charge in [-0.1, -0.05) is 0 Å². The average molecular weight is 193 g/mol. The van der Waals surface area contributed by atoms with Crippen LogP contribution in [-0.4, -0.2) is 49.9 Å². The van der Waals surface area contributed by atoms with Crippen LogP contribution in [-0.2, 0) is 9.47 Å². The molecule has 0 fully saturated rings. The Morgan fingerprint density at radius 2 is 1.08 bits per heavy atom. The van der Waals surface area contributed by atoms with Gasteiger partial charge >= 0.3 is 18.9 Å². The molecule has 0 saturated carbocycles. The molecule has 0 aliphatic carbocycles. The molecule has 0 heterocycles. The third kappa shape index (κ3) is 17.0. The molecular formula is C6H14ClLiO4. The zero-order chi connectivity index (χ0) is 7.66. The first-order chi connectivity index (χ1) is 4.91. The Kier molecular flexibility index (Phi) is 27.3. The summed E-state index contributed by atoms with van der Waals surface area (Å²) in [5, 5.41) is 16.5. The van der Waals surface area contributed by atoms with Crippen LogP contribution in [0.2, 0.25) is 0 Å².